The van der Waals surface area contributed by atoms with Gasteiger partial charge in [0.1, 0.15) is 0 Å². The second-order valence-corrected chi connectivity index (χ2v) is 4.37. The van der Waals surface area contributed by atoms with Crippen molar-refractivity contribution in [1.82, 2.24) is 0 Å². The van der Waals surface area contributed by atoms with E-state index in [0.29, 0.717) is 5.92 Å². The third-order valence-electron chi connectivity index (χ3n) is 2.85. The Morgan fingerprint density at radius 3 is 2.36 bits per heavy atom. The van der Waals surface area contributed by atoms with E-state index in [4.69, 9.17) is 0 Å². The molecule has 1 heteroatoms. The lowest BCUT2D eigenvalue weighted by Crippen LogP contribution is -2.21. The van der Waals surface area contributed by atoms with Crippen LogP contribution in [0.25, 0.3) is 0 Å². The highest BCUT2D eigenvalue weighted by atomic mass is 16.3. The Bertz CT molecular complexity index is 300. The van der Waals surface area contributed by atoms with Crippen molar-refractivity contribution in [3.8, 4) is 0 Å². The van der Waals surface area contributed by atoms with Crippen molar-refractivity contribution in [1.29, 1.82) is 0 Å². The smallest absolute Gasteiger partial charge is 0.0868 e. The molecule has 0 saturated heterocycles. The molecule has 0 aliphatic rings. The Kier molecular flexibility index (Phi) is 3.33. The molecule has 1 unspecified atom stereocenters. The van der Waals surface area contributed by atoms with Crippen LogP contribution in [0.5, 0.6) is 0 Å². The second kappa shape index (κ2) is 4.14. The van der Waals surface area contributed by atoms with Crippen molar-refractivity contribution < 1.29 is 5.11 Å². The predicted octanol–water partition coefficient (Wildman–Crippen LogP) is 3.43. The zero-order valence-corrected chi connectivity index (χ0v) is 9.54. The molecule has 0 amide bonds. The first-order valence-corrected chi connectivity index (χ1v) is 5.30. The van der Waals surface area contributed by atoms with Gasteiger partial charge in [-0.05, 0) is 30.4 Å². The van der Waals surface area contributed by atoms with Crippen LogP contribution in [-0.4, -0.2) is 5.11 Å². The summed E-state index contributed by atoms with van der Waals surface area (Å²) >= 11 is 0. The average molecular weight is 192 g/mol. The first-order valence-electron chi connectivity index (χ1n) is 5.30. The molecule has 1 N–H and O–H groups in total. The first kappa shape index (κ1) is 11.3. The maximum absolute atomic E-state index is 10.2. The molecule has 0 aliphatic carbocycles. The van der Waals surface area contributed by atoms with Gasteiger partial charge in [-0.2, -0.15) is 0 Å². The van der Waals surface area contributed by atoms with Gasteiger partial charge < -0.3 is 5.11 Å². The topological polar surface area (TPSA) is 20.2 Å². The number of hydrogen-bond donors (Lipinski definition) is 1. The molecule has 0 aromatic heterocycles. The van der Waals surface area contributed by atoms with E-state index in [1.165, 1.54) is 5.56 Å². The number of benzene rings is 1. The van der Waals surface area contributed by atoms with Crippen molar-refractivity contribution in [2.45, 2.75) is 45.6 Å². The quantitative estimate of drug-likeness (QED) is 0.778. The number of rotatable bonds is 3. The molecular formula is C13H20O. The van der Waals surface area contributed by atoms with Gasteiger partial charge in [0.25, 0.3) is 0 Å². The molecule has 78 valence electrons. The van der Waals surface area contributed by atoms with Crippen LogP contribution in [-0.2, 0) is 5.60 Å². The van der Waals surface area contributed by atoms with Crippen LogP contribution in [0.15, 0.2) is 24.3 Å². The van der Waals surface area contributed by atoms with Crippen LogP contribution >= 0.6 is 0 Å². The molecule has 1 nitrogen and oxygen atoms in total. The number of hydrogen-bond acceptors (Lipinski definition) is 1. The summed E-state index contributed by atoms with van der Waals surface area (Å²) in [6, 6.07) is 8.15. The Morgan fingerprint density at radius 1 is 1.29 bits per heavy atom. The average Bonchev–Trinajstić information content (AvgIpc) is 2.18. The van der Waals surface area contributed by atoms with Crippen LogP contribution in [0.2, 0.25) is 0 Å². The summed E-state index contributed by atoms with van der Waals surface area (Å²) in [6.45, 7) is 8.21. The van der Waals surface area contributed by atoms with Gasteiger partial charge in [0.15, 0.2) is 0 Å². The van der Waals surface area contributed by atoms with Crippen molar-refractivity contribution in [3.05, 3.63) is 35.4 Å². The van der Waals surface area contributed by atoms with Crippen LogP contribution < -0.4 is 0 Å². The second-order valence-electron chi connectivity index (χ2n) is 4.37. The van der Waals surface area contributed by atoms with Crippen molar-refractivity contribution in [2.24, 2.45) is 0 Å². The fourth-order valence-corrected chi connectivity index (χ4v) is 1.68. The highest BCUT2D eigenvalue weighted by Crippen LogP contribution is 2.30. The minimum absolute atomic E-state index is 0.462. The normalized spacial score (nSPS) is 15.6. The lowest BCUT2D eigenvalue weighted by atomic mass is 9.85. The molecule has 0 spiro atoms. The summed E-state index contributed by atoms with van der Waals surface area (Å²) in [5.74, 6) is 0.462. The van der Waals surface area contributed by atoms with E-state index in [1.54, 1.807) is 0 Å². The lowest BCUT2D eigenvalue weighted by Gasteiger charge is -2.26. The number of aliphatic hydroxyl groups is 1. The fraction of sp³-hybridized carbons (Fsp3) is 0.538. The van der Waals surface area contributed by atoms with Crippen molar-refractivity contribution in [3.63, 3.8) is 0 Å². The van der Waals surface area contributed by atoms with Gasteiger partial charge in [-0.3, -0.25) is 0 Å². The Balaban J connectivity index is 3.20. The van der Waals surface area contributed by atoms with Gasteiger partial charge in [-0.15, -0.1) is 0 Å². The molecule has 0 bridgehead atoms. The van der Waals surface area contributed by atoms with E-state index in [2.05, 4.69) is 19.9 Å². The highest BCUT2D eigenvalue weighted by molar-refractivity contribution is 5.33. The Labute approximate surface area is 86.8 Å². The minimum Gasteiger partial charge on any atom is -0.385 e. The Hall–Kier alpha value is -0.820. The van der Waals surface area contributed by atoms with Gasteiger partial charge >= 0.3 is 0 Å². The molecule has 1 aromatic rings. The van der Waals surface area contributed by atoms with E-state index in [0.717, 1.165) is 12.0 Å². The molecule has 0 heterocycles. The third-order valence-corrected chi connectivity index (χ3v) is 2.85. The molecule has 1 atom stereocenters. The largest absolute Gasteiger partial charge is 0.385 e. The standard InChI is InChI=1S/C13H20O/c1-5-13(4,14)12-9-7-6-8-11(12)10(2)3/h6-10,14H,5H2,1-4H3. The van der Waals surface area contributed by atoms with E-state index < -0.39 is 5.60 Å². The van der Waals surface area contributed by atoms with E-state index >= 15 is 0 Å². The molecule has 1 rings (SSSR count). The van der Waals surface area contributed by atoms with Gasteiger partial charge in [0, 0.05) is 0 Å². The van der Waals surface area contributed by atoms with Gasteiger partial charge in [-0.25, -0.2) is 0 Å². The maximum atomic E-state index is 10.2. The third kappa shape index (κ3) is 2.16. The summed E-state index contributed by atoms with van der Waals surface area (Å²) in [5.41, 5.74) is 1.62. The predicted molar refractivity (Wildman–Crippen MR) is 60.4 cm³/mol. The van der Waals surface area contributed by atoms with Crippen LogP contribution in [0.3, 0.4) is 0 Å². The lowest BCUT2D eigenvalue weighted by molar-refractivity contribution is 0.0519. The Morgan fingerprint density at radius 2 is 1.86 bits per heavy atom. The summed E-state index contributed by atoms with van der Waals surface area (Å²) in [5, 5.41) is 10.2. The molecule has 0 fully saturated rings. The first-order chi connectivity index (χ1) is 6.49. The molecule has 14 heavy (non-hydrogen) atoms. The van der Waals surface area contributed by atoms with E-state index in [9.17, 15) is 5.11 Å². The van der Waals surface area contributed by atoms with Gasteiger partial charge in [-0.1, -0.05) is 45.0 Å². The van der Waals surface area contributed by atoms with Crippen LogP contribution in [0, 0.1) is 0 Å². The maximum Gasteiger partial charge on any atom is 0.0868 e. The van der Waals surface area contributed by atoms with Crippen LogP contribution in [0.4, 0.5) is 0 Å². The van der Waals surface area contributed by atoms with Gasteiger partial charge in [0.05, 0.1) is 5.60 Å². The molecule has 0 aliphatic heterocycles. The van der Waals surface area contributed by atoms with Crippen molar-refractivity contribution in [2.75, 3.05) is 0 Å². The fourth-order valence-electron chi connectivity index (χ4n) is 1.68. The van der Waals surface area contributed by atoms with Crippen molar-refractivity contribution >= 4 is 0 Å². The summed E-state index contributed by atoms with van der Waals surface area (Å²) in [4.78, 5) is 0. The minimum atomic E-state index is -0.694. The van der Waals surface area contributed by atoms with Crippen LogP contribution in [0.1, 0.15) is 51.2 Å². The summed E-state index contributed by atoms with van der Waals surface area (Å²) in [6.07, 6.45) is 0.747. The molecule has 0 radical (unpaired) electrons. The van der Waals surface area contributed by atoms with E-state index in [-0.39, 0.29) is 0 Å². The molecular weight excluding hydrogens is 172 g/mol. The SMILES string of the molecule is CCC(C)(O)c1ccccc1C(C)C. The molecule has 0 saturated carbocycles. The monoisotopic (exact) mass is 192 g/mol. The molecule has 1 aromatic carbocycles. The highest BCUT2D eigenvalue weighted by Gasteiger charge is 2.23. The summed E-state index contributed by atoms with van der Waals surface area (Å²) in [7, 11) is 0. The summed E-state index contributed by atoms with van der Waals surface area (Å²) < 4.78 is 0. The zero-order chi connectivity index (χ0) is 10.8. The zero-order valence-electron chi connectivity index (χ0n) is 9.54. The van der Waals surface area contributed by atoms with Gasteiger partial charge in [0.2, 0.25) is 0 Å². The van der Waals surface area contributed by atoms with E-state index in [1.807, 2.05) is 32.0 Å².